The van der Waals surface area contributed by atoms with Gasteiger partial charge in [-0.1, -0.05) is 25.1 Å². The standard InChI is InChI=1S/C21H24N2O3/c1-3-20-10-12(18(24)25-2)16-21(13-6-4-5-7-14(13)22-16)8-9-23(19(20)21)11-15-17(20)26-15/h4-7,15,17,19,22H,3,8-11H2,1-2H3/t15-,17-,19?,20+,21?/m0/s1. The number of ether oxygens (including phenoxy) is 2. The van der Waals surface area contributed by atoms with Crippen molar-refractivity contribution in [1.82, 2.24) is 4.90 Å². The highest BCUT2D eigenvalue weighted by atomic mass is 16.6. The number of rotatable bonds is 2. The molecule has 1 aromatic carbocycles. The summed E-state index contributed by atoms with van der Waals surface area (Å²) in [7, 11) is 1.49. The number of fused-ring (bicyclic) bond motifs is 3. The summed E-state index contributed by atoms with van der Waals surface area (Å²) in [5.41, 5.74) is 4.29. The van der Waals surface area contributed by atoms with Crippen LogP contribution in [0, 0.1) is 5.41 Å². The Bertz CT molecular complexity index is 865. The zero-order chi connectivity index (χ0) is 17.7. The van der Waals surface area contributed by atoms with Crippen molar-refractivity contribution in [3.05, 3.63) is 41.1 Å². The summed E-state index contributed by atoms with van der Waals surface area (Å²) in [6, 6.07) is 8.97. The fourth-order valence-corrected chi connectivity index (χ4v) is 6.80. The lowest BCUT2D eigenvalue weighted by Gasteiger charge is -2.54. The quantitative estimate of drug-likeness (QED) is 0.654. The van der Waals surface area contributed by atoms with Crippen LogP contribution in [-0.4, -0.2) is 49.3 Å². The molecule has 26 heavy (non-hydrogen) atoms. The molecule has 1 aliphatic carbocycles. The fraction of sp³-hybridized carbons (Fsp3) is 0.571. The summed E-state index contributed by atoms with van der Waals surface area (Å²) in [6.07, 6.45) is 3.44. The summed E-state index contributed by atoms with van der Waals surface area (Å²) >= 11 is 0. The molecule has 5 heteroatoms. The van der Waals surface area contributed by atoms with Crippen LogP contribution in [0.3, 0.4) is 0 Å². The van der Waals surface area contributed by atoms with Crippen LogP contribution in [0.2, 0.25) is 0 Å². The van der Waals surface area contributed by atoms with Gasteiger partial charge in [-0.3, -0.25) is 4.90 Å². The Balaban J connectivity index is 1.66. The molecule has 3 fully saturated rings. The third kappa shape index (κ3) is 1.50. The molecule has 0 aromatic heterocycles. The van der Waals surface area contributed by atoms with Crippen LogP contribution in [0.5, 0.6) is 0 Å². The molecular weight excluding hydrogens is 328 g/mol. The number of hydrogen-bond donors (Lipinski definition) is 1. The molecule has 4 aliphatic heterocycles. The monoisotopic (exact) mass is 352 g/mol. The van der Waals surface area contributed by atoms with Gasteiger partial charge in [0.05, 0.1) is 30.3 Å². The smallest absolute Gasteiger partial charge is 0.335 e. The predicted molar refractivity (Wildman–Crippen MR) is 96.8 cm³/mol. The number of esters is 1. The second-order valence-electron chi connectivity index (χ2n) is 8.49. The molecule has 0 saturated carbocycles. The van der Waals surface area contributed by atoms with Crippen molar-refractivity contribution in [2.75, 3.05) is 25.5 Å². The van der Waals surface area contributed by atoms with Crippen LogP contribution in [0.4, 0.5) is 5.69 Å². The molecular formula is C21H24N2O3. The lowest BCUT2D eigenvalue weighted by molar-refractivity contribution is -0.137. The molecule has 0 bridgehead atoms. The number of hydrogen-bond acceptors (Lipinski definition) is 5. The lowest BCUT2D eigenvalue weighted by atomic mass is 9.53. The van der Waals surface area contributed by atoms with Crippen molar-refractivity contribution >= 4 is 11.7 Å². The molecule has 3 saturated heterocycles. The highest BCUT2D eigenvalue weighted by molar-refractivity contribution is 5.93. The highest BCUT2D eigenvalue weighted by Crippen LogP contribution is 2.68. The number of nitrogens with zero attached hydrogens (tertiary/aromatic N) is 1. The average molecular weight is 352 g/mol. The second kappa shape index (κ2) is 4.70. The van der Waals surface area contributed by atoms with Crippen molar-refractivity contribution < 1.29 is 14.3 Å². The minimum atomic E-state index is -0.188. The second-order valence-corrected chi connectivity index (χ2v) is 8.49. The van der Waals surface area contributed by atoms with Gasteiger partial charge in [0.15, 0.2) is 0 Å². The van der Waals surface area contributed by atoms with Gasteiger partial charge in [0, 0.05) is 29.4 Å². The van der Waals surface area contributed by atoms with Crippen molar-refractivity contribution in [2.45, 2.75) is 49.9 Å². The van der Waals surface area contributed by atoms with Gasteiger partial charge in [-0.05, 0) is 37.4 Å². The summed E-state index contributed by atoms with van der Waals surface area (Å²) < 4.78 is 11.4. The number of para-hydroxylation sites is 1. The molecule has 5 nitrogen and oxygen atoms in total. The summed E-state index contributed by atoms with van der Waals surface area (Å²) in [5, 5.41) is 3.63. The van der Waals surface area contributed by atoms with Gasteiger partial charge in [0.2, 0.25) is 0 Å². The molecule has 136 valence electrons. The van der Waals surface area contributed by atoms with Gasteiger partial charge in [0.25, 0.3) is 0 Å². The van der Waals surface area contributed by atoms with E-state index >= 15 is 0 Å². The van der Waals surface area contributed by atoms with E-state index in [1.54, 1.807) is 0 Å². The Labute approximate surface area is 153 Å². The number of piperidine rings is 1. The minimum Gasteiger partial charge on any atom is -0.466 e. The third-order valence-corrected chi connectivity index (χ3v) is 7.74. The zero-order valence-electron chi connectivity index (χ0n) is 15.2. The van der Waals surface area contributed by atoms with E-state index in [0.717, 1.165) is 49.3 Å². The van der Waals surface area contributed by atoms with Gasteiger partial charge in [-0.15, -0.1) is 0 Å². The Morgan fingerprint density at radius 3 is 3.08 bits per heavy atom. The molecule has 4 heterocycles. The number of carbonyl (C=O) groups excluding carboxylic acids is 1. The normalized spacial score (nSPS) is 41.7. The molecule has 6 rings (SSSR count). The van der Waals surface area contributed by atoms with Crippen LogP contribution in [0.15, 0.2) is 35.5 Å². The first kappa shape index (κ1) is 15.2. The first-order valence-corrected chi connectivity index (χ1v) is 9.73. The highest BCUT2D eigenvalue weighted by Gasteiger charge is 2.73. The molecule has 5 atom stereocenters. The van der Waals surface area contributed by atoms with E-state index in [1.165, 1.54) is 12.7 Å². The van der Waals surface area contributed by atoms with E-state index < -0.39 is 0 Å². The van der Waals surface area contributed by atoms with Crippen molar-refractivity contribution in [3.63, 3.8) is 0 Å². The maximum absolute atomic E-state index is 12.8. The number of anilines is 1. The molecule has 2 unspecified atom stereocenters. The van der Waals surface area contributed by atoms with Crippen LogP contribution >= 0.6 is 0 Å². The lowest BCUT2D eigenvalue weighted by Crippen LogP contribution is -2.63. The molecule has 0 radical (unpaired) electrons. The van der Waals surface area contributed by atoms with Crippen LogP contribution < -0.4 is 5.32 Å². The molecule has 0 amide bonds. The van der Waals surface area contributed by atoms with Gasteiger partial charge >= 0.3 is 5.97 Å². The predicted octanol–water partition coefficient (Wildman–Crippen LogP) is 2.43. The van der Waals surface area contributed by atoms with Crippen molar-refractivity contribution in [1.29, 1.82) is 0 Å². The SMILES string of the molecule is CC[C@@]12CC(C(=O)OC)=C3Nc4ccccc4C34CCN(C[C@@H]3O[C@@H]31)C42. The van der Waals surface area contributed by atoms with Crippen LogP contribution in [-0.2, 0) is 19.7 Å². The maximum Gasteiger partial charge on any atom is 0.335 e. The average Bonchev–Trinajstić information content (AvgIpc) is 3.25. The number of benzene rings is 1. The van der Waals surface area contributed by atoms with E-state index in [4.69, 9.17) is 9.47 Å². The summed E-state index contributed by atoms with van der Waals surface area (Å²) in [5.74, 6) is -0.188. The fourth-order valence-electron chi connectivity index (χ4n) is 6.80. The first-order valence-electron chi connectivity index (χ1n) is 9.73. The number of nitrogens with one attached hydrogen (secondary N) is 1. The van der Waals surface area contributed by atoms with Gasteiger partial charge in [-0.25, -0.2) is 4.79 Å². The van der Waals surface area contributed by atoms with Crippen molar-refractivity contribution in [2.24, 2.45) is 5.41 Å². The van der Waals surface area contributed by atoms with Gasteiger partial charge in [0.1, 0.15) is 0 Å². The topological polar surface area (TPSA) is 54.1 Å². The maximum atomic E-state index is 12.8. The van der Waals surface area contributed by atoms with E-state index in [-0.39, 0.29) is 22.9 Å². The minimum absolute atomic E-state index is 0.00836. The molecule has 1 spiro atoms. The Hall–Kier alpha value is -1.85. The first-order chi connectivity index (χ1) is 12.7. The number of epoxide rings is 1. The summed E-state index contributed by atoms with van der Waals surface area (Å²) in [6.45, 7) is 4.36. The summed E-state index contributed by atoms with van der Waals surface area (Å²) in [4.78, 5) is 15.5. The van der Waals surface area contributed by atoms with E-state index in [9.17, 15) is 4.79 Å². The Morgan fingerprint density at radius 2 is 2.27 bits per heavy atom. The van der Waals surface area contributed by atoms with Crippen LogP contribution in [0.25, 0.3) is 0 Å². The Morgan fingerprint density at radius 1 is 1.42 bits per heavy atom. The number of carbonyl (C=O) groups is 1. The Kier molecular flexibility index (Phi) is 2.75. The molecule has 5 aliphatic rings. The van der Waals surface area contributed by atoms with Crippen LogP contribution in [0.1, 0.15) is 31.7 Å². The third-order valence-electron chi connectivity index (χ3n) is 7.74. The van der Waals surface area contributed by atoms with E-state index in [1.807, 2.05) is 0 Å². The zero-order valence-corrected chi connectivity index (χ0v) is 15.2. The van der Waals surface area contributed by atoms with E-state index in [2.05, 4.69) is 41.4 Å². The van der Waals surface area contributed by atoms with Crippen molar-refractivity contribution in [3.8, 4) is 0 Å². The molecule has 1 N–H and O–H groups in total. The van der Waals surface area contributed by atoms with Gasteiger partial charge < -0.3 is 14.8 Å². The van der Waals surface area contributed by atoms with Gasteiger partial charge in [-0.2, -0.15) is 0 Å². The largest absolute Gasteiger partial charge is 0.466 e. The number of methoxy groups -OCH3 is 1. The molecule has 1 aromatic rings. The van der Waals surface area contributed by atoms with E-state index in [0.29, 0.717) is 12.1 Å².